The molecular weight excluding hydrogens is 262 g/mol. The second-order valence-electron chi connectivity index (χ2n) is 4.88. The SMILES string of the molecule is CN1CCc2ccccc2C1(C)c1cccs1.Cl. The third kappa shape index (κ3) is 1.89. The van der Waals surface area contributed by atoms with Crippen molar-refractivity contribution in [3.05, 3.63) is 57.8 Å². The quantitative estimate of drug-likeness (QED) is 0.765. The van der Waals surface area contributed by atoms with Gasteiger partial charge in [0.2, 0.25) is 0 Å². The largest absolute Gasteiger partial charge is 0.292 e. The van der Waals surface area contributed by atoms with E-state index in [0.29, 0.717) is 0 Å². The lowest BCUT2D eigenvalue weighted by atomic mass is 9.81. The highest BCUT2D eigenvalue weighted by Crippen LogP contribution is 2.41. The monoisotopic (exact) mass is 279 g/mol. The molecule has 18 heavy (non-hydrogen) atoms. The van der Waals surface area contributed by atoms with Gasteiger partial charge in [-0.2, -0.15) is 0 Å². The summed E-state index contributed by atoms with van der Waals surface area (Å²) in [6.07, 6.45) is 1.16. The Labute approximate surface area is 119 Å². The first-order chi connectivity index (χ1) is 8.23. The molecule has 1 aromatic carbocycles. The van der Waals surface area contributed by atoms with E-state index in [1.165, 1.54) is 16.0 Å². The van der Waals surface area contributed by atoms with Crippen LogP contribution in [-0.4, -0.2) is 18.5 Å². The molecule has 3 rings (SSSR count). The molecule has 0 amide bonds. The number of thiophene rings is 1. The van der Waals surface area contributed by atoms with Crippen molar-refractivity contribution in [2.75, 3.05) is 13.6 Å². The average Bonchev–Trinajstić information content (AvgIpc) is 2.88. The number of hydrogen-bond donors (Lipinski definition) is 0. The third-order valence-electron chi connectivity index (χ3n) is 4.02. The molecule has 0 radical (unpaired) electrons. The summed E-state index contributed by atoms with van der Waals surface area (Å²) in [5, 5.41) is 2.17. The average molecular weight is 280 g/mol. The Morgan fingerprint density at radius 1 is 1.17 bits per heavy atom. The fourth-order valence-corrected chi connectivity index (χ4v) is 3.76. The van der Waals surface area contributed by atoms with Gasteiger partial charge in [-0.25, -0.2) is 0 Å². The van der Waals surface area contributed by atoms with E-state index < -0.39 is 0 Å². The highest BCUT2D eigenvalue weighted by atomic mass is 35.5. The van der Waals surface area contributed by atoms with Gasteiger partial charge >= 0.3 is 0 Å². The van der Waals surface area contributed by atoms with E-state index in [1.807, 2.05) is 11.3 Å². The molecule has 0 N–H and O–H groups in total. The first-order valence-electron chi connectivity index (χ1n) is 6.06. The van der Waals surface area contributed by atoms with Gasteiger partial charge in [-0.3, -0.25) is 4.90 Å². The molecule has 1 aliphatic rings. The van der Waals surface area contributed by atoms with E-state index in [2.05, 4.69) is 60.6 Å². The highest BCUT2D eigenvalue weighted by Gasteiger charge is 2.38. The van der Waals surface area contributed by atoms with Crippen molar-refractivity contribution in [1.29, 1.82) is 0 Å². The second kappa shape index (κ2) is 5.04. The van der Waals surface area contributed by atoms with Gasteiger partial charge in [0.1, 0.15) is 0 Å². The fourth-order valence-electron chi connectivity index (χ4n) is 2.81. The molecule has 1 aliphatic heterocycles. The smallest absolute Gasteiger partial charge is 0.0780 e. The summed E-state index contributed by atoms with van der Waals surface area (Å²) in [6.45, 7) is 3.47. The number of likely N-dealkylation sites (N-methyl/N-ethyl adjacent to an activating group) is 1. The standard InChI is InChI=1S/C15H17NS.ClH/c1-15(14-8-5-11-17-14)13-7-4-3-6-12(13)9-10-16(15)2;/h3-8,11H,9-10H2,1-2H3;1H. The van der Waals surface area contributed by atoms with Crippen LogP contribution in [0.2, 0.25) is 0 Å². The molecule has 0 bridgehead atoms. The fraction of sp³-hybridized carbons (Fsp3) is 0.333. The Kier molecular flexibility index (Phi) is 3.81. The van der Waals surface area contributed by atoms with Gasteiger partial charge in [-0.15, -0.1) is 23.7 Å². The van der Waals surface area contributed by atoms with Gasteiger partial charge in [0, 0.05) is 11.4 Å². The summed E-state index contributed by atoms with van der Waals surface area (Å²) in [5.41, 5.74) is 3.01. The zero-order valence-electron chi connectivity index (χ0n) is 10.7. The van der Waals surface area contributed by atoms with Crippen molar-refractivity contribution in [2.24, 2.45) is 0 Å². The molecule has 1 nitrogen and oxygen atoms in total. The van der Waals surface area contributed by atoms with Crippen molar-refractivity contribution in [1.82, 2.24) is 4.90 Å². The second-order valence-corrected chi connectivity index (χ2v) is 5.83. The topological polar surface area (TPSA) is 3.24 Å². The van der Waals surface area contributed by atoms with Crippen LogP contribution in [0.4, 0.5) is 0 Å². The molecule has 0 saturated heterocycles. The normalized spacial score (nSPS) is 23.2. The first-order valence-corrected chi connectivity index (χ1v) is 6.94. The number of fused-ring (bicyclic) bond motifs is 1. The maximum atomic E-state index is 2.47. The Hall–Kier alpha value is -0.830. The lowest BCUT2D eigenvalue weighted by Crippen LogP contribution is -2.46. The Morgan fingerprint density at radius 3 is 2.67 bits per heavy atom. The predicted octanol–water partition coefficient (Wildman–Crippen LogP) is 3.92. The van der Waals surface area contributed by atoms with Crippen LogP contribution in [-0.2, 0) is 12.0 Å². The van der Waals surface area contributed by atoms with Gasteiger partial charge in [-0.05, 0) is 43.0 Å². The summed E-state index contributed by atoms with van der Waals surface area (Å²) >= 11 is 1.85. The van der Waals surface area contributed by atoms with E-state index in [9.17, 15) is 0 Å². The van der Waals surface area contributed by atoms with Crippen LogP contribution in [0.1, 0.15) is 22.9 Å². The van der Waals surface area contributed by atoms with Crippen LogP contribution in [0.15, 0.2) is 41.8 Å². The van der Waals surface area contributed by atoms with Gasteiger partial charge < -0.3 is 0 Å². The van der Waals surface area contributed by atoms with Crippen LogP contribution >= 0.6 is 23.7 Å². The van der Waals surface area contributed by atoms with E-state index >= 15 is 0 Å². The summed E-state index contributed by atoms with van der Waals surface area (Å²) in [4.78, 5) is 3.91. The van der Waals surface area contributed by atoms with Crippen molar-refractivity contribution < 1.29 is 0 Å². The van der Waals surface area contributed by atoms with Gasteiger partial charge in [0.15, 0.2) is 0 Å². The molecule has 1 unspecified atom stereocenters. The van der Waals surface area contributed by atoms with Crippen molar-refractivity contribution >= 4 is 23.7 Å². The number of hydrogen-bond acceptors (Lipinski definition) is 2. The van der Waals surface area contributed by atoms with Gasteiger partial charge in [-0.1, -0.05) is 30.3 Å². The molecule has 0 fully saturated rings. The van der Waals surface area contributed by atoms with Crippen molar-refractivity contribution in [3.8, 4) is 0 Å². The van der Waals surface area contributed by atoms with Gasteiger partial charge in [0.25, 0.3) is 0 Å². The minimum absolute atomic E-state index is 0. The lowest BCUT2D eigenvalue weighted by molar-refractivity contribution is 0.168. The Morgan fingerprint density at radius 2 is 1.94 bits per heavy atom. The predicted molar refractivity (Wildman–Crippen MR) is 80.8 cm³/mol. The molecule has 1 aromatic heterocycles. The van der Waals surface area contributed by atoms with E-state index in [4.69, 9.17) is 0 Å². The van der Waals surface area contributed by atoms with Crippen LogP contribution < -0.4 is 0 Å². The molecule has 96 valence electrons. The minimum Gasteiger partial charge on any atom is -0.292 e. The highest BCUT2D eigenvalue weighted by molar-refractivity contribution is 7.10. The Balaban J connectivity index is 0.00000120. The molecular formula is C15H18ClNS. The zero-order valence-corrected chi connectivity index (χ0v) is 12.4. The molecule has 2 aromatic rings. The molecule has 3 heteroatoms. The number of halogens is 1. The maximum absolute atomic E-state index is 2.47. The van der Waals surface area contributed by atoms with Gasteiger partial charge in [0.05, 0.1) is 5.54 Å². The van der Waals surface area contributed by atoms with Crippen LogP contribution in [0.25, 0.3) is 0 Å². The summed E-state index contributed by atoms with van der Waals surface area (Å²) in [7, 11) is 2.23. The van der Waals surface area contributed by atoms with E-state index in [1.54, 1.807) is 0 Å². The molecule has 2 heterocycles. The number of rotatable bonds is 1. The van der Waals surface area contributed by atoms with Crippen molar-refractivity contribution in [2.45, 2.75) is 18.9 Å². The molecule has 0 aliphatic carbocycles. The summed E-state index contributed by atoms with van der Waals surface area (Å²) in [6, 6.07) is 13.3. The van der Waals surface area contributed by atoms with E-state index in [-0.39, 0.29) is 17.9 Å². The summed E-state index contributed by atoms with van der Waals surface area (Å²) < 4.78 is 0. The first kappa shape index (κ1) is 13.6. The molecule has 0 spiro atoms. The third-order valence-corrected chi connectivity index (χ3v) is 5.10. The minimum atomic E-state index is 0. The van der Waals surface area contributed by atoms with Crippen molar-refractivity contribution in [3.63, 3.8) is 0 Å². The van der Waals surface area contributed by atoms with Crippen LogP contribution in [0, 0.1) is 0 Å². The summed E-state index contributed by atoms with van der Waals surface area (Å²) in [5.74, 6) is 0. The zero-order chi connectivity index (χ0) is 11.9. The Bertz CT molecular complexity index is 523. The maximum Gasteiger partial charge on any atom is 0.0780 e. The van der Waals surface area contributed by atoms with E-state index in [0.717, 1.165) is 13.0 Å². The van der Waals surface area contributed by atoms with Crippen LogP contribution in [0.5, 0.6) is 0 Å². The number of benzene rings is 1. The number of nitrogens with zero attached hydrogens (tertiary/aromatic N) is 1. The van der Waals surface area contributed by atoms with Crippen LogP contribution in [0.3, 0.4) is 0 Å². The lowest BCUT2D eigenvalue weighted by Gasteiger charge is -2.43. The molecule has 0 saturated carbocycles. The molecule has 1 atom stereocenters.